The predicted molar refractivity (Wildman–Crippen MR) is 321 cm³/mol. The van der Waals surface area contributed by atoms with E-state index < -0.39 is 11.7 Å². The Morgan fingerprint density at radius 3 is 0.975 bits per heavy atom. The molecule has 11 aromatic carbocycles. The van der Waals surface area contributed by atoms with Gasteiger partial charge in [0.1, 0.15) is 0 Å². The van der Waals surface area contributed by atoms with Crippen LogP contribution in [0, 0.1) is 50.4 Å². The van der Waals surface area contributed by atoms with Crippen LogP contribution in [-0.2, 0) is 6.18 Å². The molecule has 4 nitrogen and oxygen atoms in total. The molecule has 0 aliphatic carbocycles. The highest BCUT2D eigenvalue weighted by atomic mass is 19.4. The van der Waals surface area contributed by atoms with Gasteiger partial charge in [-0.25, -0.2) is 0 Å². The number of rotatable bonds is 8. The number of fused-ring (bicyclic) bond motifs is 6. The van der Waals surface area contributed by atoms with E-state index in [0.29, 0.717) is 16.8 Å². The van der Waals surface area contributed by atoms with E-state index in [0.717, 1.165) is 133 Å². The molecule has 0 N–H and O–H groups in total. The van der Waals surface area contributed by atoms with Gasteiger partial charge in [0.2, 0.25) is 0 Å². The summed E-state index contributed by atoms with van der Waals surface area (Å²) in [7, 11) is 0. The molecule has 0 bridgehead atoms. The summed E-state index contributed by atoms with van der Waals surface area (Å²) in [5.74, 6) is 0. The third-order valence-electron chi connectivity index (χ3n) is 15.6. The lowest BCUT2D eigenvalue weighted by Gasteiger charge is -2.21. The normalized spacial score (nSPS) is 11.7. The summed E-state index contributed by atoms with van der Waals surface area (Å²) in [6.45, 7) is 8.35. The maximum absolute atomic E-state index is 15.3. The molecule has 2 heterocycles. The van der Waals surface area contributed by atoms with Crippen LogP contribution in [0.1, 0.15) is 38.9 Å². The van der Waals surface area contributed by atoms with Crippen LogP contribution >= 0.6 is 0 Å². The standard InChI is InChI=1S/C73H49F3N4/c1-44-9-5-13-50(31-44)54-20-27-67-62(37-54)63-38-55(51-14-6-10-45(2)32-51)21-28-68(63)79(67)71-36-49(43-78)18-25-60(71)61-26-19-58(59-24-17-48(42-77)35-66(59)73(74,75)76)41-72(61)80-69-29-22-56(52-15-7-11-46(3)33-52)39-64(69)65-40-57(23-30-70(65)80)53-16-8-12-47(4)34-53/h5-41H,1-4H3. The summed E-state index contributed by atoms with van der Waals surface area (Å²) in [6, 6.07) is 79.1. The van der Waals surface area contributed by atoms with Crippen LogP contribution in [-0.4, -0.2) is 9.13 Å². The topological polar surface area (TPSA) is 57.4 Å². The van der Waals surface area contributed by atoms with E-state index >= 15 is 13.2 Å². The van der Waals surface area contributed by atoms with E-state index in [2.05, 4.69) is 213 Å². The quantitative estimate of drug-likeness (QED) is 0.152. The maximum atomic E-state index is 15.3. The first-order valence-electron chi connectivity index (χ1n) is 26.6. The van der Waals surface area contributed by atoms with Crippen molar-refractivity contribution < 1.29 is 13.2 Å². The van der Waals surface area contributed by atoms with E-state index in [4.69, 9.17) is 0 Å². The van der Waals surface area contributed by atoms with Gasteiger partial charge in [-0.15, -0.1) is 0 Å². The zero-order chi connectivity index (χ0) is 55.0. The highest BCUT2D eigenvalue weighted by molar-refractivity contribution is 6.14. The fourth-order valence-electron chi connectivity index (χ4n) is 11.8. The van der Waals surface area contributed by atoms with E-state index in [9.17, 15) is 10.5 Å². The number of halogens is 3. The minimum atomic E-state index is -4.76. The van der Waals surface area contributed by atoms with Crippen molar-refractivity contribution in [1.29, 1.82) is 10.5 Å². The summed E-state index contributed by atoms with van der Waals surface area (Å²) in [5, 5.41) is 24.5. The van der Waals surface area contributed by atoms with Gasteiger partial charge in [-0.05, 0) is 162 Å². The van der Waals surface area contributed by atoms with E-state index in [1.807, 2.05) is 36.4 Å². The van der Waals surface area contributed by atoms with Gasteiger partial charge in [-0.2, -0.15) is 23.7 Å². The Labute approximate surface area is 461 Å². The predicted octanol–water partition coefficient (Wildman–Crippen LogP) is 19.9. The SMILES string of the molecule is Cc1cccc(-c2ccc3c(c2)c2cc(-c4cccc(C)c4)ccc2n3-c2cc(C#N)ccc2-c2ccc(-c3ccc(C#N)cc3C(F)(F)F)cc2-n2c3ccc(-c4cccc(C)c4)cc3c3cc(-c4cccc(C)c4)ccc32)c1. The molecule has 80 heavy (non-hydrogen) atoms. The summed E-state index contributed by atoms with van der Waals surface area (Å²) in [4.78, 5) is 0. The second kappa shape index (κ2) is 19.4. The van der Waals surface area contributed by atoms with Crippen molar-refractivity contribution in [2.75, 3.05) is 0 Å². The number of hydrogen-bond donors (Lipinski definition) is 0. The zero-order valence-corrected chi connectivity index (χ0v) is 44.3. The molecule has 382 valence electrons. The third-order valence-corrected chi connectivity index (χ3v) is 15.6. The van der Waals surface area contributed by atoms with Crippen LogP contribution in [0.5, 0.6) is 0 Å². The first-order chi connectivity index (χ1) is 38.8. The number of nitrogens with zero attached hydrogens (tertiary/aromatic N) is 4. The lowest BCUT2D eigenvalue weighted by atomic mass is 9.93. The molecule has 0 atom stereocenters. The first-order valence-corrected chi connectivity index (χ1v) is 26.6. The fraction of sp³-hybridized carbons (Fsp3) is 0.0685. The van der Waals surface area contributed by atoms with Crippen molar-refractivity contribution >= 4 is 43.6 Å². The average Bonchev–Trinajstić information content (AvgIpc) is 4.07. The van der Waals surface area contributed by atoms with E-state index in [1.165, 1.54) is 12.1 Å². The number of nitriles is 2. The summed E-state index contributed by atoms with van der Waals surface area (Å²) < 4.78 is 50.2. The first kappa shape index (κ1) is 49.4. The summed E-state index contributed by atoms with van der Waals surface area (Å²) >= 11 is 0. The minimum absolute atomic E-state index is 0.0511. The Morgan fingerprint density at radius 1 is 0.312 bits per heavy atom. The summed E-state index contributed by atoms with van der Waals surface area (Å²) in [5.41, 5.74) is 19.2. The lowest BCUT2D eigenvalue weighted by Crippen LogP contribution is -2.08. The zero-order valence-electron chi connectivity index (χ0n) is 44.3. The number of aryl methyl sites for hydroxylation is 4. The molecule has 0 aliphatic rings. The molecule has 0 aliphatic heterocycles. The van der Waals surface area contributed by atoms with Gasteiger partial charge in [0.25, 0.3) is 0 Å². The highest BCUT2D eigenvalue weighted by Crippen LogP contribution is 2.46. The maximum Gasteiger partial charge on any atom is 0.417 e. The van der Waals surface area contributed by atoms with Crippen molar-refractivity contribution in [1.82, 2.24) is 9.13 Å². The van der Waals surface area contributed by atoms with Crippen LogP contribution in [0.3, 0.4) is 0 Å². The van der Waals surface area contributed by atoms with Gasteiger partial charge in [-0.1, -0.05) is 168 Å². The van der Waals surface area contributed by atoms with Gasteiger partial charge >= 0.3 is 6.18 Å². The molecule has 13 rings (SSSR count). The smallest absolute Gasteiger partial charge is 0.309 e. The van der Waals surface area contributed by atoms with Crippen LogP contribution in [0.25, 0.3) is 122 Å². The van der Waals surface area contributed by atoms with Gasteiger partial charge in [-0.3, -0.25) is 0 Å². The van der Waals surface area contributed by atoms with E-state index in [1.54, 1.807) is 6.07 Å². The number of hydrogen-bond acceptors (Lipinski definition) is 2. The monoisotopic (exact) mass is 1040 g/mol. The second-order valence-corrected chi connectivity index (χ2v) is 21.0. The van der Waals surface area contributed by atoms with Crippen LogP contribution in [0.2, 0.25) is 0 Å². The second-order valence-electron chi connectivity index (χ2n) is 21.0. The van der Waals surface area contributed by atoms with Crippen LogP contribution in [0.15, 0.2) is 224 Å². The Hall–Kier alpha value is -10.2. The molecule has 0 unspecified atom stereocenters. The molecule has 0 saturated carbocycles. The highest BCUT2D eigenvalue weighted by Gasteiger charge is 2.34. The van der Waals surface area contributed by atoms with Crippen LogP contribution < -0.4 is 0 Å². The molecular weight excluding hydrogens is 990 g/mol. The molecule has 0 saturated heterocycles. The van der Waals surface area contributed by atoms with Crippen molar-refractivity contribution in [2.24, 2.45) is 0 Å². The van der Waals surface area contributed by atoms with Crippen molar-refractivity contribution in [2.45, 2.75) is 33.9 Å². The summed E-state index contributed by atoms with van der Waals surface area (Å²) in [6.07, 6.45) is -4.76. The molecule has 0 amide bonds. The molecular formula is C73H49F3N4. The number of alkyl halides is 3. The van der Waals surface area contributed by atoms with Gasteiger partial charge in [0, 0.05) is 32.7 Å². The molecule has 0 spiro atoms. The number of aromatic nitrogens is 2. The Kier molecular flexibility index (Phi) is 11.9. The van der Waals surface area contributed by atoms with E-state index in [-0.39, 0.29) is 11.1 Å². The molecule has 7 heteroatoms. The van der Waals surface area contributed by atoms with Crippen molar-refractivity contribution in [3.63, 3.8) is 0 Å². The lowest BCUT2D eigenvalue weighted by molar-refractivity contribution is -0.137. The number of benzene rings is 11. The van der Waals surface area contributed by atoms with Gasteiger partial charge in [0.05, 0.1) is 62.3 Å². The minimum Gasteiger partial charge on any atom is -0.309 e. The van der Waals surface area contributed by atoms with Crippen molar-refractivity contribution in [3.8, 4) is 90.3 Å². The van der Waals surface area contributed by atoms with Crippen LogP contribution in [0.4, 0.5) is 13.2 Å². The third kappa shape index (κ3) is 8.67. The molecule has 0 radical (unpaired) electrons. The fourth-order valence-corrected chi connectivity index (χ4v) is 11.8. The molecule has 13 aromatic rings. The van der Waals surface area contributed by atoms with Gasteiger partial charge < -0.3 is 9.13 Å². The largest absolute Gasteiger partial charge is 0.417 e. The molecule has 0 fully saturated rings. The molecule has 2 aromatic heterocycles. The Balaban J connectivity index is 1.13. The Bertz CT molecular complexity index is 4580. The van der Waals surface area contributed by atoms with Crippen molar-refractivity contribution in [3.05, 3.63) is 263 Å². The Morgan fingerprint density at radius 2 is 0.625 bits per heavy atom. The van der Waals surface area contributed by atoms with Gasteiger partial charge in [0.15, 0.2) is 0 Å². The average molecular weight is 1040 g/mol.